The first-order valence-corrected chi connectivity index (χ1v) is 8.49. The van der Waals surface area contributed by atoms with Gasteiger partial charge in [-0.1, -0.05) is 18.7 Å². The molecule has 0 amide bonds. The summed E-state index contributed by atoms with van der Waals surface area (Å²) in [7, 11) is 0. The molecule has 5 N–H and O–H groups in total. The number of allylic oxidation sites excluding steroid dienone is 1. The van der Waals surface area contributed by atoms with Crippen molar-refractivity contribution in [1.29, 1.82) is 0 Å². The first kappa shape index (κ1) is 18.3. The first-order chi connectivity index (χ1) is 11.6. The SMILES string of the molecule is C=C(Cc1ccc(N)cc1)N1CCCC1CCNCCC(=O)ON. The fourth-order valence-corrected chi connectivity index (χ4v) is 3.17. The first-order valence-electron chi connectivity index (χ1n) is 8.49. The van der Waals surface area contributed by atoms with Crippen LogP contribution in [0.3, 0.4) is 0 Å². The van der Waals surface area contributed by atoms with E-state index in [1.54, 1.807) is 0 Å². The second-order valence-electron chi connectivity index (χ2n) is 6.25. The van der Waals surface area contributed by atoms with E-state index < -0.39 is 0 Å². The van der Waals surface area contributed by atoms with E-state index in [0.717, 1.165) is 37.3 Å². The average Bonchev–Trinajstić information content (AvgIpc) is 3.05. The molecule has 1 unspecified atom stereocenters. The molecule has 1 heterocycles. The van der Waals surface area contributed by atoms with Crippen LogP contribution in [0.4, 0.5) is 5.69 Å². The summed E-state index contributed by atoms with van der Waals surface area (Å²) in [6, 6.07) is 8.49. The van der Waals surface area contributed by atoms with E-state index >= 15 is 0 Å². The predicted molar refractivity (Wildman–Crippen MR) is 95.8 cm³/mol. The topological polar surface area (TPSA) is 93.6 Å². The maximum absolute atomic E-state index is 11.0. The Morgan fingerprint density at radius 3 is 2.79 bits per heavy atom. The molecule has 1 aromatic rings. The van der Waals surface area contributed by atoms with Gasteiger partial charge in [-0.15, -0.1) is 0 Å². The molecule has 0 bridgehead atoms. The number of likely N-dealkylation sites (tertiary alicyclic amines) is 1. The minimum absolute atomic E-state index is 0.300. The number of nitrogen functional groups attached to an aromatic ring is 1. The van der Waals surface area contributed by atoms with Crippen LogP contribution < -0.4 is 16.9 Å². The lowest BCUT2D eigenvalue weighted by Crippen LogP contribution is -2.32. The summed E-state index contributed by atoms with van der Waals surface area (Å²) in [4.78, 5) is 17.5. The second kappa shape index (κ2) is 9.30. The van der Waals surface area contributed by atoms with Gasteiger partial charge in [-0.2, -0.15) is 5.90 Å². The minimum Gasteiger partial charge on any atom is -0.399 e. The number of nitrogens with one attached hydrogen (secondary N) is 1. The maximum atomic E-state index is 11.0. The van der Waals surface area contributed by atoms with Crippen LogP contribution in [0.5, 0.6) is 0 Å². The third kappa shape index (κ3) is 5.54. The van der Waals surface area contributed by atoms with Crippen LogP contribution in [0.1, 0.15) is 31.2 Å². The summed E-state index contributed by atoms with van der Waals surface area (Å²) in [5, 5.41) is 3.27. The zero-order valence-electron chi connectivity index (χ0n) is 14.2. The predicted octanol–water partition coefficient (Wildman–Crippen LogP) is 1.58. The summed E-state index contributed by atoms with van der Waals surface area (Å²) >= 11 is 0. The largest absolute Gasteiger partial charge is 0.399 e. The molecule has 1 fully saturated rings. The van der Waals surface area contributed by atoms with Crippen LogP contribution in [0, 0.1) is 0 Å². The zero-order chi connectivity index (χ0) is 17.4. The lowest BCUT2D eigenvalue weighted by molar-refractivity contribution is -0.144. The molecular formula is C18H28N4O2. The number of benzene rings is 1. The lowest BCUT2D eigenvalue weighted by Gasteiger charge is -2.29. The lowest BCUT2D eigenvalue weighted by atomic mass is 10.1. The van der Waals surface area contributed by atoms with Crippen molar-refractivity contribution < 1.29 is 9.63 Å². The number of anilines is 1. The highest BCUT2D eigenvalue weighted by Crippen LogP contribution is 2.25. The number of carbonyl (C=O) groups is 1. The fourth-order valence-electron chi connectivity index (χ4n) is 3.17. The number of rotatable bonds is 9. The Morgan fingerprint density at radius 1 is 1.33 bits per heavy atom. The normalized spacial score (nSPS) is 17.0. The molecule has 132 valence electrons. The molecule has 6 nitrogen and oxygen atoms in total. The number of carbonyl (C=O) groups excluding carboxylic acids is 1. The third-order valence-electron chi connectivity index (χ3n) is 4.46. The molecule has 0 aliphatic carbocycles. The van der Waals surface area contributed by atoms with Crippen molar-refractivity contribution in [3.05, 3.63) is 42.1 Å². The molecule has 0 radical (unpaired) electrons. The number of nitrogens with zero attached hydrogens (tertiary/aromatic N) is 1. The van der Waals surface area contributed by atoms with E-state index in [0.29, 0.717) is 19.0 Å². The van der Waals surface area contributed by atoms with Crippen LogP contribution in [-0.4, -0.2) is 36.5 Å². The Labute approximate surface area is 143 Å². The van der Waals surface area contributed by atoms with E-state index in [-0.39, 0.29) is 5.97 Å². The Kier molecular flexibility index (Phi) is 7.08. The van der Waals surface area contributed by atoms with Gasteiger partial charge in [-0.25, -0.2) is 0 Å². The molecule has 0 saturated carbocycles. The van der Waals surface area contributed by atoms with Crippen molar-refractivity contribution in [3.8, 4) is 0 Å². The van der Waals surface area contributed by atoms with Crippen LogP contribution >= 0.6 is 0 Å². The highest BCUT2D eigenvalue weighted by Gasteiger charge is 2.24. The molecule has 0 aromatic heterocycles. The molecule has 24 heavy (non-hydrogen) atoms. The summed E-state index contributed by atoms with van der Waals surface area (Å²) in [6.07, 6.45) is 4.58. The molecule has 0 spiro atoms. The van der Waals surface area contributed by atoms with Gasteiger partial charge in [0, 0.05) is 36.9 Å². The zero-order valence-corrected chi connectivity index (χ0v) is 14.2. The number of hydrogen-bond acceptors (Lipinski definition) is 6. The maximum Gasteiger partial charge on any atom is 0.325 e. The fraction of sp³-hybridized carbons (Fsp3) is 0.500. The van der Waals surface area contributed by atoms with Gasteiger partial charge in [-0.05, 0) is 43.5 Å². The van der Waals surface area contributed by atoms with Crippen molar-refractivity contribution in [2.75, 3.05) is 25.4 Å². The van der Waals surface area contributed by atoms with Gasteiger partial charge in [0.15, 0.2) is 0 Å². The van der Waals surface area contributed by atoms with Crippen molar-refractivity contribution >= 4 is 11.7 Å². The van der Waals surface area contributed by atoms with E-state index in [1.807, 2.05) is 12.1 Å². The molecule has 1 aliphatic heterocycles. The molecule has 6 heteroatoms. The molecule has 1 aliphatic rings. The second-order valence-corrected chi connectivity index (χ2v) is 6.25. The van der Waals surface area contributed by atoms with E-state index in [4.69, 9.17) is 11.6 Å². The van der Waals surface area contributed by atoms with E-state index in [9.17, 15) is 4.79 Å². The molecule has 1 saturated heterocycles. The summed E-state index contributed by atoms with van der Waals surface area (Å²) in [5.41, 5.74) is 8.91. The van der Waals surface area contributed by atoms with Crippen LogP contribution in [0.25, 0.3) is 0 Å². The molecular weight excluding hydrogens is 304 g/mol. The van der Waals surface area contributed by atoms with Crippen LogP contribution in [0.2, 0.25) is 0 Å². The average molecular weight is 332 g/mol. The minimum atomic E-state index is -0.387. The number of nitrogens with two attached hydrogens (primary N) is 2. The quantitative estimate of drug-likeness (QED) is 0.361. The third-order valence-corrected chi connectivity index (χ3v) is 4.46. The van der Waals surface area contributed by atoms with Gasteiger partial charge < -0.3 is 20.8 Å². The highest BCUT2D eigenvalue weighted by molar-refractivity contribution is 5.69. The van der Waals surface area contributed by atoms with Gasteiger partial charge in [0.05, 0.1) is 6.42 Å². The van der Waals surface area contributed by atoms with Crippen LogP contribution in [0.15, 0.2) is 36.5 Å². The Hall–Kier alpha value is -2.05. The Morgan fingerprint density at radius 2 is 2.08 bits per heavy atom. The number of hydrogen-bond donors (Lipinski definition) is 3. The standard InChI is InChI=1S/C18H28N4O2/c1-14(13-15-4-6-16(19)7-5-15)22-12-2-3-17(22)8-10-21-11-9-18(23)24-20/h4-7,17,21H,1-3,8-13,19-20H2. The smallest absolute Gasteiger partial charge is 0.325 e. The summed E-state index contributed by atoms with van der Waals surface area (Å²) in [6.45, 7) is 6.81. The van der Waals surface area contributed by atoms with Gasteiger partial charge in [0.1, 0.15) is 0 Å². The molecule has 1 atom stereocenters. The van der Waals surface area contributed by atoms with Crippen molar-refractivity contribution in [2.45, 2.75) is 38.1 Å². The van der Waals surface area contributed by atoms with Crippen molar-refractivity contribution in [2.24, 2.45) is 5.90 Å². The Bertz CT molecular complexity index is 544. The van der Waals surface area contributed by atoms with Gasteiger partial charge >= 0.3 is 5.97 Å². The molecule has 1 aromatic carbocycles. The highest BCUT2D eigenvalue weighted by atomic mass is 16.7. The Balaban J connectivity index is 1.74. The van der Waals surface area contributed by atoms with Crippen molar-refractivity contribution in [1.82, 2.24) is 10.2 Å². The summed E-state index contributed by atoms with van der Waals surface area (Å²) in [5.74, 6) is 4.42. The molecule has 2 rings (SSSR count). The van der Waals surface area contributed by atoms with Gasteiger partial charge in [0.2, 0.25) is 0 Å². The van der Waals surface area contributed by atoms with E-state index in [2.05, 4.69) is 33.8 Å². The van der Waals surface area contributed by atoms with Crippen molar-refractivity contribution in [3.63, 3.8) is 0 Å². The monoisotopic (exact) mass is 332 g/mol. The van der Waals surface area contributed by atoms with Gasteiger partial charge in [-0.3, -0.25) is 4.79 Å². The van der Waals surface area contributed by atoms with Gasteiger partial charge in [0.25, 0.3) is 0 Å². The van der Waals surface area contributed by atoms with Crippen LogP contribution in [-0.2, 0) is 16.1 Å². The summed E-state index contributed by atoms with van der Waals surface area (Å²) < 4.78 is 0. The van der Waals surface area contributed by atoms with E-state index in [1.165, 1.54) is 18.4 Å².